The minimum Gasteiger partial charge on any atom is -0.443 e. The van der Waals surface area contributed by atoms with Crippen LogP contribution >= 0.6 is 0 Å². The largest absolute Gasteiger partial charge is 0.443 e. The second-order valence-corrected chi connectivity index (χ2v) is 8.59. The fourth-order valence-corrected chi connectivity index (χ4v) is 3.04. The van der Waals surface area contributed by atoms with E-state index in [1.807, 2.05) is 10.9 Å². The number of anilines is 1. The molecule has 0 bridgehead atoms. The van der Waals surface area contributed by atoms with Crippen LogP contribution in [0.3, 0.4) is 0 Å². The highest BCUT2D eigenvalue weighted by Gasteiger charge is 2.24. The number of amides is 5. The van der Waals surface area contributed by atoms with Gasteiger partial charge in [0.15, 0.2) is 0 Å². The van der Waals surface area contributed by atoms with E-state index in [2.05, 4.69) is 5.32 Å². The smallest absolute Gasteiger partial charge is 0.426 e. The molecule has 0 aliphatic carbocycles. The summed E-state index contributed by atoms with van der Waals surface area (Å²) >= 11 is 0. The van der Waals surface area contributed by atoms with E-state index in [1.165, 1.54) is 18.2 Å². The van der Waals surface area contributed by atoms with Crippen molar-refractivity contribution in [3.63, 3.8) is 0 Å². The number of carbonyl (C=O) groups is 5. The van der Waals surface area contributed by atoms with Crippen molar-refractivity contribution in [3.05, 3.63) is 46.0 Å². The van der Waals surface area contributed by atoms with Gasteiger partial charge in [-0.15, -0.1) is 0 Å². The van der Waals surface area contributed by atoms with Crippen molar-refractivity contribution in [2.75, 3.05) is 11.9 Å². The van der Waals surface area contributed by atoms with E-state index in [1.54, 1.807) is 20.8 Å². The minimum atomic E-state index is -0.939. The molecule has 1 aromatic rings. The van der Waals surface area contributed by atoms with Crippen LogP contribution in [-0.4, -0.2) is 51.7 Å². The van der Waals surface area contributed by atoms with Gasteiger partial charge in [-0.05, 0) is 45.7 Å². The lowest BCUT2D eigenvalue weighted by molar-refractivity contribution is -0.385. The summed E-state index contributed by atoms with van der Waals surface area (Å²) in [5.41, 5.74) is 2.47. The monoisotopic (exact) mass is 489 g/mol. The molecule has 2 rings (SSSR count). The van der Waals surface area contributed by atoms with Gasteiger partial charge in [0, 0.05) is 36.9 Å². The molecule has 3 N–H and O–H groups in total. The molecule has 0 radical (unpaired) electrons. The van der Waals surface area contributed by atoms with Crippen molar-refractivity contribution in [3.8, 4) is 0 Å². The third kappa shape index (κ3) is 8.53. The highest BCUT2D eigenvalue weighted by molar-refractivity contribution is 6.12. The third-order valence-electron chi connectivity index (χ3n) is 4.59. The lowest BCUT2D eigenvalue weighted by Crippen LogP contribution is -2.44. The van der Waals surface area contributed by atoms with Crippen LogP contribution in [-0.2, 0) is 19.1 Å². The van der Waals surface area contributed by atoms with Gasteiger partial charge >= 0.3 is 6.09 Å². The zero-order valence-electron chi connectivity index (χ0n) is 19.6. The maximum atomic E-state index is 12.3. The Morgan fingerprint density at radius 3 is 2.29 bits per heavy atom. The van der Waals surface area contributed by atoms with E-state index < -0.39 is 34.1 Å². The molecular weight excluding hydrogens is 462 g/mol. The summed E-state index contributed by atoms with van der Waals surface area (Å²) in [7, 11) is 0. The molecule has 1 heterocycles. The quantitative estimate of drug-likeness (QED) is 0.204. The molecule has 0 saturated heterocycles. The predicted octanol–water partition coefficient (Wildman–Crippen LogP) is 2.19. The SMILES string of the molecule is CC(C)(C)OC(=O)NNC(=O)c1ccc(NC(=O)CCCCCN2C(=O)C=CC2=O)cc1[N+](=O)[O-]. The van der Waals surface area contributed by atoms with Crippen molar-refractivity contribution in [2.24, 2.45) is 0 Å². The molecular formula is C22H27N5O8. The maximum absolute atomic E-state index is 12.3. The van der Waals surface area contributed by atoms with Crippen LogP contribution in [0.25, 0.3) is 0 Å². The molecule has 0 aromatic heterocycles. The predicted molar refractivity (Wildman–Crippen MR) is 123 cm³/mol. The molecule has 0 atom stereocenters. The normalized spacial score (nSPS) is 12.9. The number of nitrogens with zero attached hydrogens (tertiary/aromatic N) is 2. The van der Waals surface area contributed by atoms with Gasteiger partial charge in [-0.2, -0.15) is 0 Å². The van der Waals surface area contributed by atoms with E-state index in [0.717, 1.165) is 17.0 Å². The fourth-order valence-electron chi connectivity index (χ4n) is 3.04. The van der Waals surface area contributed by atoms with Crippen LogP contribution in [0.1, 0.15) is 56.8 Å². The number of benzene rings is 1. The molecule has 13 heteroatoms. The number of carbonyl (C=O) groups excluding carboxylic acids is 5. The van der Waals surface area contributed by atoms with Gasteiger partial charge in [-0.1, -0.05) is 6.42 Å². The van der Waals surface area contributed by atoms with E-state index >= 15 is 0 Å². The Morgan fingerprint density at radius 1 is 1.03 bits per heavy atom. The molecule has 35 heavy (non-hydrogen) atoms. The molecule has 13 nitrogen and oxygen atoms in total. The number of nitro benzene ring substituents is 1. The van der Waals surface area contributed by atoms with Crippen LogP contribution < -0.4 is 16.2 Å². The summed E-state index contributed by atoms with van der Waals surface area (Å²) in [6, 6.07) is 3.51. The Labute approximate surface area is 201 Å². The first kappa shape index (κ1) is 27.0. The average Bonchev–Trinajstić information content (AvgIpc) is 3.08. The number of ether oxygens (including phenoxy) is 1. The summed E-state index contributed by atoms with van der Waals surface area (Å²) in [6.45, 7) is 5.15. The van der Waals surface area contributed by atoms with Crippen molar-refractivity contribution in [2.45, 2.75) is 52.1 Å². The first-order valence-electron chi connectivity index (χ1n) is 10.8. The molecule has 0 spiro atoms. The maximum Gasteiger partial charge on any atom is 0.426 e. The Morgan fingerprint density at radius 2 is 1.69 bits per heavy atom. The number of nitro groups is 1. The van der Waals surface area contributed by atoms with Crippen molar-refractivity contribution >= 4 is 41.1 Å². The Kier molecular flexibility index (Phi) is 9.03. The summed E-state index contributed by atoms with van der Waals surface area (Å²) in [5, 5.41) is 14.0. The van der Waals surface area contributed by atoms with Gasteiger partial charge in [-0.3, -0.25) is 39.6 Å². The number of unbranched alkanes of at least 4 members (excludes halogenated alkanes) is 2. The second-order valence-electron chi connectivity index (χ2n) is 8.59. The molecule has 0 unspecified atom stereocenters. The summed E-state index contributed by atoms with van der Waals surface area (Å²) in [5.74, 6) is -2.04. The highest BCUT2D eigenvalue weighted by Crippen LogP contribution is 2.23. The lowest BCUT2D eigenvalue weighted by Gasteiger charge is -2.19. The minimum absolute atomic E-state index is 0.121. The third-order valence-corrected chi connectivity index (χ3v) is 4.59. The van der Waals surface area contributed by atoms with Gasteiger partial charge in [0.05, 0.1) is 4.92 Å². The Hall–Kier alpha value is -4.29. The molecule has 1 aliphatic rings. The van der Waals surface area contributed by atoms with Crippen molar-refractivity contribution in [1.82, 2.24) is 15.8 Å². The zero-order chi connectivity index (χ0) is 26.2. The standard InChI is InChI=1S/C22H27N5O8/c1-22(2,3)35-21(32)25-24-20(31)15-9-8-14(13-16(15)27(33)34)23-17(28)7-5-4-6-12-26-18(29)10-11-19(26)30/h8-11,13H,4-7,12H2,1-3H3,(H,23,28)(H,24,31)(H,25,32). The van der Waals surface area contributed by atoms with Gasteiger partial charge in [0.25, 0.3) is 23.4 Å². The van der Waals surface area contributed by atoms with E-state index in [9.17, 15) is 34.1 Å². The summed E-state index contributed by atoms with van der Waals surface area (Å²) in [4.78, 5) is 70.8. The summed E-state index contributed by atoms with van der Waals surface area (Å²) < 4.78 is 4.97. The average molecular weight is 489 g/mol. The topological polar surface area (TPSA) is 177 Å². The first-order chi connectivity index (χ1) is 16.4. The Bertz CT molecular complexity index is 1040. The van der Waals surface area contributed by atoms with Crippen LogP contribution in [0.4, 0.5) is 16.2 Å². The van der Waals surface area contributed by atoms with Gasteiger partial charge in [0.1, 0.15) is 11.2 Å². The van der Waals surface area contributed by atoms with Crippen LogP contribution in [0.2, 0.25) is 0 Å². The van der Waals surface area contributed by atoms with Crippen LogP contribution in [0.5, 0.6) is 0 Å². The number of imide groups is 1. The fraction of sp³-hybridized carbons (Fsp3) is 0.409. The van der Waals surface area contributed by atoms with Crippen molar-refractivity contribution in [1.29, 1.82) is 0 Å². The number of rotatable bonds is 9. The highest BCUT2D eigenvalue weighted by atomic mass is 16.6. The molecule has 1 aliphatic heterocycles. The van der Waals surface area contributed by atoms with Crippen LogP contribution in [0.15, 0.2) is 30.4 Å². The Balaban J connectivity index is 1.85. The van der Waals surface area contributed by atoms with Crippen LogP contribution in [0, 0.1) is 10.1 Å². The molecule has 188 valence electrons. The van der Waals surface area contributed by atoms with Gasteiger partial charge in [-0.25, -0.2) is 10.2 Å². The number of hydrogen-bond donors (Lipinski definition) is 3. The van der Waals surface area contributed by atoms with E-state index in [-0.39, 0.29) is 36.0 Å². The van der Waals surface area contributed by atoms with Crippen molar-refractivity contribution < 1.29 is 33.6 Å². The number of nitrogens with one attached hydrogen (secondary N) is 3. The number of hydrazine groups is 1. The zero-order valence-corrected chi connectivity index (χ0v) is 19.6. The van der Waals surface area contributed by atoms with E-state index in [4.69, 9.17) is 4.74 Å². The van der Waals surface area contributed by atoms with Gasteiger partial charge < -0.3 is 10.1 Å². The second kappa shape index (κ2) is 11.7. The lowest BCUT2D eigenvalue weighted by atomic mass is 10.1. The van der Waals surface area contributed by atoms with E-state index in [0.29, 0.717) is 19.3 Å². The van der Waals surface area contributed by atoms with Gasteiger partial charge in [0.2, 0.25) is 5.91 Å². The summed E-state index contributed by atoms with van der Waals surface area (Å²) in [6.07, 6.45) is 3.22. The number of hydrogen-bond acceptors (Lipinski definition) is 8. The molecule has 0 fully saturated rings. The first-order valence-corrected chi connectivity index (χ1v) is 10.8. The molecule has 5 amide bonds. The molecule has 0 saturated carbocycles. The molecule has 1 aromatic carbocycles.